The summed E-state index contributed by atoms with van der Waals surface area (Å²) >= 11 is 7.68. The van der Waals surface area contributed by atoms with Crippen molar-refractivity contribution in [2.24, 2.45) is 0 Å². The summed E-state index contributed by atoms with van der Waals surface area (Å²) < 4.78 is 1.80. The number of halogens is 1. The van der Waals surface area contributed by atoms with Crippen LogP contribution in [0.5, 0.6) is 0 Å². The topological polar surface area (TPSA) is 56.0 Å². The Bertz CT molecular complexity index is 1230. The quantitative estimate of drug-likeness (QED) is 0.433. The molecule has 0 saturated heterocycles. The van der Waals surface area contributed by atoms with Gasteiger partial charge in [-0.1, -0.05) is 53.3 Å². The van der Waals surface area contributed by atoms with Crippen molar-refractivity contribution in [3.63, 3.8) is 0 Å². The summed E-state index contributed by atoms with van der Waals surface area (Å²) in [5.74, 6) is 0. The number of rotatable bonds is 2. The molecule has 0 N–H and O–H groups in total. The lowest BCUT2D eigenvalue weighted by molar-refractivity contribution is 0.977. The maximum Gasteiger partial charge on any atom is 0.213 e. The lowest BCUT2D eigenvalue weighted by Gasteiger charge is -2.05. The summed E-state index contributed by atoms with van der Waals surface area (Å²) in [5.41, 5.74) is 4.42. The summed E-state index contributed by atoms with van der Waals surface area (Å²) in [6, 6.07) is 15.7. The molecule has 0 bridgehead atoms. The van der Waals surface area contributed by atoms with Crippen molar-refractivity contribution in [1.29, 1.82) is 0 Å². The van der Waals surface area contributed by atoms with E-state index in [2.05, 4.69) is 15.3 Å². The Hall–Kier alpha value is -2.83. The van der Waals surface area contributed by atoms with Gasteiger partial charge < -0.3 is 0 Å². The van der Waals surface area contributed by atoms with E-state index in [4.69, 9.17) is 16.6 Å². The number of aryl methyl sites for hydroxylation is 1. The molecular formula is C19H12ClN5S. The Kier molecular flexibility index (Phi) is 3.48. The van der Waals surface area contributed by atoms with Crippen LogP contribution in [0.15, 0.2) is 54.7 Å². The Balaban J connectivity index is 1.62. The number of fused-ring (bicyclic) bond motifs is 2. The van der Waals surface area contributed by atoms with E-state index in [1.807, 2.05) is 61.7 Å². The summed E-state index contributed by atoms with van der Waals surface area (Å²) in [6.07, 6.45) is 1.89. The van der Waals surface area contributed by atoms with Gasteiger partial charge in [0.2, 0.25) is 4.96 Å². The van der Waals surface area contributed by atoms with E-state index in [-0.39, 0.29) is 0 Å². The molecule has 3 aromatic heterocycles. The normalized spacial score (nSPS) is 11.5. The third-order valence-corrected chi connectivity index (χ3v) is 5.49. The second-order valence-electron chi connectivity index (χ2n) is 5.96. The monoisotopic (exact) mass is 377 g/mol. The fourth-order valence-electron chi connectivity index (χ4n) is 2.96. The smallest absolute Gasteiger partial charge is 0.213 e. The highest BCUT2D eigenvalue weighted by molar-refractivity contribution is 7.19. The number of aromatic nitrogens is 5. The van der Waals surface area contributed by atoms with Crippen LogP contribution >= 0.6 is 22.9 Å². The first-order valence-corrected chi connectivity index (χ1v) is 9.23. The van der Waals surface area contributed by atoms with Gasteiger partial charge in [0.05, 0.1) is 11.7 Å². The highest BCUT2D eigenvalue weighted by Crippen LogP contribution is 2.30. The molecule has 26 heavy (non-hydrogen) atoms. The lowest BCUT2D eigenvalue weighted by Crippen LogP contribution is -1.94. The first-order chi connectivity index (χ1) is 12.7. The molecular weight excluding hydrogens is 366 g/mol. The van der Waals surface area contributed by atoms with Crippen molar-refractivity contribution in [1.82, 2.24) is 24.8 Å². The third-order valence-electron chi connectivity index (χ3n) is 4.28. The van der Waals surface area contributed by atoms with Crippen molar-refractivity contribution in [2.75, 3.05) is 0 Å². The molecule has 0 amide bonds. The third kappa shape index (κ3) is 2.46. The summed E-state index contributed by atoms with van der Waals surface area (Å²) in [5, 5.41) is 15.9. The molecule has 5 nitrogen and oxygen atoms in total. The summed E-state index contributed by atoms with van der Waals surface area (Å²) in [6.45, 7) is 2.01. The molecule has 0 aliphatic heterocycles. The molecule has 126 valence electrons. The molecule has 0 spiro atoms. The van der Waals surface area contributed by atoms with Gasteiger partial charge >= 0.3 is 0 Å². The van der Waals surface area contributed by atoms with Gasteiger partial charge in [0.25, 0.3) is 0 Å². The molecule has 7 heteroatoms. The van der Waals surface area contributed by atoms with E-state index in [0.29, 0.717) is 5.02 Å². The molecule has 0 radical (unpaired) electrons. The van der Waals surface area contributed by atoms with Crippen LogP contribution in [0.3, 0.4) is 0 Å². The Morgan fingerprint density at radius 2 is 1.88 bits per heavy atom. The molecule has 0 aliphatic rings. The zero-order chi connectivity index (χ0) is 17.7. The molecule has 3 heterocycles. The van der Waals surface area contributed by atoms with Crippen molar-refractivity contribution in [3.05, 3.63) is 65.3 Å². The Morgan fingerprint density at radius 1 is 1.04 bits per heavy atom. The van der Waals surface area contributed by atoms with Crippen LogP contribution in [-0.2, 0) is 0 Å². The van der Waals surface area contributed by atoms with Crippen LogP contribution in [0, 0.1) is 6.92 Å². The molecule has 0 fully saturated rings. The second kappa shape index (κ2) is 5.86. The van der Waals surface area contributed by atoms with E-state index in [1.54, 1.807) is 15.9 Å². The molecule has 2 aromatic carbocycles. The number of nitrogens with zero attached hydrogens (tertiary/aromatic N) is 5. The summed E-state index contributed by atoms with van der Waals surface area (Å²) in [7, 11) is 0. The van der Waals surface area contributed by atoms with Gasteiger partial charge in [0.1, 0.15) is 16.4 Å². The van der Waals surface area contributed by atoms with Gasteiger partial charge in [0.15, 0.2) is 0 Å². The fraction of sp³-hybridized carbons (Fsp3) is 0.0526. The Morgan fingerprint density at radius 3 is 2.69 bits per heavy atom. The maximum atomic E-state index is 6.14. The van der Waals surface area contributed by atoms with Gasteiger partial charge in [-0.15, -0.1) is 10.2 Å². The maximum absolute atomic E-state index is 6.14. The SMILES string of the molecule is Cc1c(-c2cn3nc(-c4ccccc4)sc3n2)nnc2ccc(Cl)cc12. The van der Waals surface area contributed by atoms with Crippen LogP contribution in [0.4, 0.5) is 0 Å². The fourth-order valence-corrected chi connectivity index (χ4v) is 4.02. The minimum atomic E-state index is 0.680. The molecule has 0 atom stereocenters. The molecule has 0 unspecified atom stereocenters. The zero-order valence-corrected chi connectivity index (χ0v) is 15.3. The highest BCUT2D eigenvalue weighted by atomic mass is 35.5. The van der Waals surface area contributed by atoms with Crippen LogP contribution in [-0.4, -0.2) is 24.8 Å². The minimum absolute atomic E-state index is 0.680. The average molecular weight is 378 g/mol. The van der Waals surface area contributed by atoms with Crippen LogP contribution in [0.2, 0.25) is 5.02 Å². The molecule has 5 rings (SSSR count). The largest absolute Gasteiger partial charge is 0.216 e. The van der Waals surface area contributed by atoms with Crippen molar-refractivity contribution >= 4 is 38.8 Å². The number of benzene rings is 2. The minimum Gasteiger partial charge on any atom is -0.216 e. The van der Waals surface area contributed by atoms with E-state index in [0.717, 1.165) is 43.4 Å². The second-order valence-corrected chi connectivity index (χ2v) is 7.35. The van der Waals surface area contributed by atoms with Crippen LogP contribution in [0.25, 0.3) is 37.8 Å². The zero-order valence-electron chi connectivity index (χ0n) is 13.7. The Labute approximate surface area is 157 Å². The average Bonchev–Trinajstić information content (AvgIpc) is 3.22. The first-order valence-electron chi connectivity index (χ1n) is 8.03. The lowest BCUT2D eigenvalue weighted by atomic mass is 10.1. The van der Waals surface area contributed by atoms with Gasteiger partial charge in [-0.2, -0.15) is 5.10 Å². The standard InChI is InChI=1S/C19H12ClN5S/c1-11-14-9-13(20)7-8-15(14)22-23-17(11)16-10-25-19(21-16)26-18(24-25)12-5-3-2-4-6-12/h2-10H,1H3. The predicted molar refractivity (Wildman–Crippen MR) is 105 cm³/mol. The number of hydrogen-bond donors (Lipinski definition) is 0. The number of imidazole rings is 1. The van der Waals surface area contributed by atoms with E-state index in [9.17, 15) is 0 Å². The van der Waals surface area contributed by atoms with E-state index >= 15 is 0 Å². The molecule has 5 aromatic rings. The van der Waals surface area contributed by atoms with E-state index < -0.39 is 0 Å². The van der Waals surface area contributed by atoms with E-state index in [1.165, 1.54) is 0 Å². The first kappa shape index (κ1) is 15.4. The van der Waals surface area contributed by atoms with Gasteiger partial charge in [-0.05, 0) is 30.7 Å². The predicted octanol–water partition coefficient (Wildman–Crippen LogP) is 5.03. The van der Waals surface area contributed by atoms with Crippen LogP contribution < -0.4 is 0 Å². The van der Waals surface area contributed by atoms with Crippen molar-refractivity contribution in [2.45, 2.75) is 6.92 Å². The molecule has 0 saturated carbocycles. The van der Waals surface area contributed by atoms with Crippen molar-refractivity contribution in [3.8, 4) is 22.0 Å². The van der Waals surface area contributed by atoms with Crippen molar-refractivity contribution < 1.29 is 0 Å². The summed E-state index contributed by atoms with van der Waals surface area (Å²) in [4.78, 5) is 5.53. The highest BCUT2D eigenvalue weighted by Gasteiger charge is 2.15. The van der Waals surface area contributed by atoms with Gasteiger partial charge in [-0.25, -0.2) is 9.50 Å². The molecule has 0 aliphatic carbocycles. The van der Waals surface area contributed by atoms with Gasteiger partial charge in [-0.3, -0.25) is 0 Å². The van der Waals surface area contributed by atoms with Crippen LogP contribution in [0.1, 0.15) is 5.56 Å². The van der Waals surface area contributed by atoms with Gasteiger partial charge in [0, 0.05) is 16.0 Å². The number of hydrogen-bond acceptors (Lipinski definition) is 5.